The Hall–Kier alpha value is -0.160. The fourth-order valence-electron chi connectivity index (χ4n) is 4.40. The van der Waals surface area contributed by atoms with E-state index in [-0.39, 0.29) is 13.2 Å². The maximum Gasteiger partial charge on any atom is 0.0662 e. The first kappa shape index (κ1) is 42.3. The number of aliphatic hydroxyl groups is 2. The SMILES string of the molecule is CCCCC(CC)COCC(CC)CCCC.CCCCC(CC)COCC(CC)CCCC.OCCO. The topological polar surface area (TPSA) is 58.9 Å². The summed E-state index contributed by atoms with van der Waals surface area (Å²) in [6, 6.07) is 0. The number of rotatable bonds is 25. The Morgan fingerprint density at radius 1 is 0.395 bits per heavy atom. The highest BCUT2D eigenvalue weighted by Crippen LogP contribution is 2.17. The highest BCUT2D eigenvalue weighted by atomic mass is 16.5. The van der Waals surface area contributed by atoms with Crippen LogP contribution in [0.1, 0.15) is 158 Å². The third-order valence-electron chi connectivity index (χ3n) is 7.69. The molecule has 4 heteroatoms. The van der Waals surface area contributed by atoms with Gasteiger partial charge in [0, 0.05) is 26.4 Å². The molecule has 0 aromatic rings. The van der Waals surface area contributed by atoms with Gasteiger partial charge in [-0.15, -0.1) is 0 Å². The fourth-order valence-corrected chi connectivity index (χ4v) is 4.40. The number of hydrogen-bond acceptors (Lipinski definition) is 4. The van der Waals surface area contributed by atoms with Gasteiger partial charge in [-0.1, -0.05) is 132 Å². The Kier molecular flexibility index (Phi) is 41.0. The lowest BCUT2D eigenvalue weighted by Crippen LogP contribution is -2.14. The molecule has 0 aliphatic rings. The van der Waals surface area contributed by atoms with E-state index >= 15 is 0 Å². The van der Waals surface area contributed by atoms with Crippen LogP contribution in [0, 0.1) is 23.7 Å². The maximum atomic E-state index is 7.62. The molecule has 38 heavy (non-hydrogen) atoms. The van der Waals surface area contributed by atoms with Gasteiger partial charge in [-0.05, 0) is 49.4 Å². The van der Waals surface area contributed by atoms with Crippen LogP contribution in [0.15, 0.2) is 0 Å². The first-order valence-electron chi connectivity index (χ1n) is 16.8. The molecule has 0 saturated heterocycles. The highest BCUT2D eigenvalue weighted by molar-refractivity contribution is 4.60. The van der Waals surface area contributed by atoms with E-state index in [2.05, 4.69) is 55.4 Å². The van der Waals surface area contributed by atoms with Crippen molar-refractivity contribution in [3.8, 4) is 0 Å². The van der Waals surface area contributed by atoms with Crippen molar-refractivity contribution < 1.29 is 19.7 Å². The van der Waals surface area contributed by atoms with Gasteiger partial charge in [0.25, 0.3) is 0 Å². The van der Waals surface area contributed by atoms with Crippen molar-refractivity contribution in [3.63, 3.8) is 0 Å². The third kappa shape index (κ3) is 32.1. The minimum absolute atomic E-state index is 0.125. The standard InChI is InChI=1S/2C16H34O.C2H6O2/c2*1-5-9-11-15(7-3)13-17-14-16(8-4)12-10-6-2;3-1-2-4/h2*15-16H,5-14H2,1-4H3;3-4H,1-2H2. The molecule has 0 aliphatic heterocycles. The minimum Gasteiger partial charge on any atom is -0.394 e. The summed E-state index contributed by atoms with van der Waals surface area (Å²) in [4.78, 5) is 0. The lowest BCUT2D eigenvalue weighted by atomic mass is 9.99. The quantitative estimate of drug-likeness (QED) is 0.120. The average Bonchev–Trinajstić information content (AvgIpc) is 2.96. The number of aliphatic hydroxyl groups excluding tert-OH is 2. The molecule has 0 saturated carbocycles. The van der Waals surface area contributed by atoms with Gasteiger partial charge in [-0.3, -0.25) is 0 Å². The van der Waals surface area contributed by atoms with Gasteiger partial charge < -0.3 is 19.7 Å². The van der Waals surface area contributed by atoms with Crippen molar-refractivity contribution in [1.82, 2.24) is 0 Å². The summed E-state index contributed by atoms with van der Waals surface area (Å²) in [7, 11) is 0. The third-order valence-corrected chi connectivity index (χ3v) is 7.69. The van der Waals surface area contributed by atoms with Crippen molar-refractivity contribution >= 4 is 0 Å². The molecular weight excluding hydrogens is 472 g/mol. The molecule has 234 valence electrons. The van der Waals surface area contributed by atoms with Crippen LogP contribution in [0.5, 0.6) is 0 Å². The molecule has 0 amide bonds. The smallest absolute Gasteiger partial charge is 0.0662 e. The summed E-state index contributed by atoms with van der Waals surface area (Å²) in [5, 5.41) is 15.2. The average molecular weight is 547 g/mol. The van der Waals surface area contributed by atoms with E-state index < -0.39 is 0 Å². The second kappa shape index (κ2) is 36.8. The van der Waals surface area contributed by atoms with E-state index in [9.17, 15) is 0 Å². The maximum absolute atomic E-state index is 7.62. The van der Waals surface area contributed by atoms with Gasteiger partial charge in [-0.2, -0.15) is 0 Å². The zero-order valence-electron chi connectivity index (χ0n) is 27.6. The largest absolute Gasteiger partial charge is 0.394 e. The van der Waals surface area contributed by atoms with E-state index in [0.717, 1.165) is 50.1 Å². The lowest BCUT2D eigenvalue weighted by molar-refractivity contribution is 0.0630. The van der Waals surface area contributed by atoms with Crippen LogP contribution in [-0.4, -0.2) is 49.9 Å². The molecule has 0 bridgehead atoms. The molecule has 0 aromatic carbocycles. The zero-order valence-corrected chi connectivity index (χ0v) is 27.6. The summed E-state index contributed by atoms with van der Waals surface area (Å²) in [5.41, 5.74) is 0. The molecule has 0 heterocycles. The number of ether oxygens (including phenoxy) is 2. The molecule has 0 fully saturated rings. The molecule has 4 nitrogen and oxygen atoms in total. The van der Waals surface area contributed by atoms with Crippen LogP contribution in [0.2, 0.25) is 0 Å². The molecule has 0 radical (unpaired) electrons. The zero-order chi connectivity index (χ0) is 29.3. The van der Waals surface area contributed by atoms with Crippen LogP contribution in [0.25, 0.3) is 0 Å². The predicted molar refractivity (Wildman–Crippen MR) is 169 cm³/mol. The summed E-state index contributed by atoms with van der Waals surface area (Å²) in [5.74, 6) is 3.16. The van der Waals surface area contributed by atoms with Gasteiger partial charge in [0.15, 0.2) is 0 Å². The first-order valence-corrected chi connectivity index (χ1v) is 16.8. The van der Waals surface area contributed by atoms with E-state index in [0.29, 0.717) is 0 Å². The molecule has 0 rings (SSSR count). The van der Waals surface area contributed by atoms with Crippen LogP contribution in [0.3, 0.4) is 0 Å². The van der Waals surface area contributed by atoms with Crippen molar-refractivity contribution in [2.24, 2.45) is 23.7 Å². The van der Waals surface area contributed by atoms with E-state index in [4.69, 9.17) is 19.7 Å². The Morgan fingerprint density at radius 3 is 0.737 bits per heavy atom. The van der Waals surface area contributed by atoms with Gasteiger partial charge >= 0.3 is 0 Å². The normalized spacial score (nSPS) is 14.1. The fraction of sp³-hybridized carbons (Fsp3) is 1.00. The van der Waals surface area contributed by atoms with Crippen LogP contribution in [0.4, 0.5) is 0 Å². The molecule has 4 unspecified atom stereocenters. The molecular formula is C34H74O4. The second-order valence-corrected chi connectivity index (χ2v) is 11.2. The first-order chi connectivity index (χ1) is 18.5. The highest BCUT2D eigenvalue weighted by Gasteiger charge is 2.10. The predicted octanol–water partition coefficient (Wildman–Crippen LogP) is 9.84. The van der Waals surface area contributed by atoms with Crippen LogP contribution < -0.4 is 0 Å². The van der Waals surface area contributed by atoms with Crippen molar-refractivity contribution in [2.45, 2.75) is 158 Å². The summed E-state index contributed by atoms with van der Waals surface area (Å²) in [6.07, 6.45) is 21.1. The van der Waals surface area contributed by atoms with E-state index in [1.807, 2.05) is 0 Å². The lowest BCUT2D eigenvalue weighted by Gasteiger charge is -2.18. The molecule has 0 spiro atoms. The molecule has 4 atom stereocenters. The molecule has 2 N–H and O–H groups in total. The summed E-state index contributed by atoms with van der Waals surface area (Å²) in [6.45, 7) is 21.9. The van der Waals surface area contributed by atoms with Crippen molar-refractivity contribution in [2.75, 3.05) is 39.6 Å². The van der Waals surface area contributed by atoms with Crippen LogP contribution >= 0.6 is 0 Å². The number of hydrogen-bond donors (Lipinski definition) is 2. The van der Waals surface area contributed by atoms with Gasteiger partial charge in [-0.25, -0.2) is 0 Å². The Labute approximate surface area is 241 Å². The van der Waals surface area contributed by atoms with E-state index in [1.165, 1.54) is 103 Å². The van der Waals surface area contributed by atoms with Crippen LogP contribution in [-0.2, 0) is 9.47 Å². The molecule has 0 aromatic heterocycles. The summed E-state index contributed by atoms with van der Waals surface area (Å²) < 4.78 is 11.9. The van der Waals surface area contributed by atoms with Gasteiger partial charge in [0.2, 0.25) is 0 Å². The summed E-state index contributed by atoms with van der Waals surface area (Å²) >= 11 is 0. The monoisotopic (exact) mass is 547 g/mol. The number of unbranched alkanes of at least 4 members (excludes halogenated alkanes) is 4. The Bertz CT molecular complexity index is 323. The van der Waals surface area contributed by atoms with E-state index in [1.54, 1.807) is 0 Å². The van der Waals surface area contributed by atoms with Crippen molar-refractivity contribution in [1.29, 1.82) is 0 Å². The molecule has 0 aliphatic carbocycles. The van der Waals surface area contributed by atoms with Gasteiger partial charge in [0.05, 0.1) is 13.2 Å². The minimum atomic E-state index is -0.125. The second-order valence-electron chi connectivity index (χ2n) is 11.2. The Balaban J connectivity index is -0.000000564. The Morgan fingerprint density at radius 2 is 0.605 bits per heavy atom. The van der Waals surface area contributed by atoms with Crippen molar-refractivity contribution in [3.05, 3.63) is 0 Å². The van der Waals surface area contributed by atoms with Gasteiger partial charge in [0.1, 0.15) is 0 Å².